The number of aliphatic hydroxyl groups is 2. The molecule has 0 rings (SSSR count). The highest BCUT2D eigenvalue weighted by Crippen LogP contribution is 2.20. The lowest BCUT2D eigenvalue weighted by molar-refractivity contribution is -0.143. The Morgan fingerprint density at radius 2 is 0.534 bits per heavy atom. The monoisotopic (exact) mass is 1240 g/mol. The first-order valence-corrected chi connectivity index (χ1v) is 40.6. The zero-order chi connectivity index (χ0) is 63.5. The fraction of sp³-hybridized carbons (Fsp3) is 0.927. The van der Waals surface area contributed by atoms with Crippen molar-refractivity contribution in [3.8, 4) is 0 Å². The summed E-state index contributed by atoms with van der Waals surface area (Å²) in [6.45, 7) is 4.98. The van der Waals surface area contributed by atoms with Crippen LogP contribution in [0.5, 0.6) is 0 Å². The van der Waals surface area contributed by atoms with E-state index in [0.29, 0.717) is 25.9 Å². The summed E-state index contributed by atoms with van der Waals surface area (Å²) in [5, 5.41) is 23.5. The molecule has 2 atom stereocenters. The van der Waals surface area contributed by atoms with Crippen LogP contribution in [0.4, 0.5) is 0 Å². The van der Waals surface area contributed by atoms with Crippen LogP contribution in [0.2, 0.25) is 0 Å². The SMILES string of the molecule is CCCCC/C=C\CCCCCCCC(=O)OCCCCCCCCCCCCCCCC/C=C\CCCCCCCCCCCCCCCCCCCC(=O)NC(CO)C(O)CCCCCCCCCCCCCCCCCCCCCCCCCC. The molecule has 0 saturated carbocycles. The van der Waals surface area contributed by atoms with E-state index < -0.39 is 12.1 Å². The van der Waals surface area contributed by atoms with Crippen LogP contribution in [0, 0.1) is 0 Å². The number of nitrogens with one attached hydrogen (secondary N) is 1. The van der Waals surface area contributed by atoms with E-state index in [4.69, 9.17) is 4.74 Å². The molecule has 0 aromatic rings. The molecule has 0 spiro atoms. The Kier molecular flexibility index (Phi) is 76.3. The van der Waals surface area contributed by atoms with Crippen molar-refractivity contribution in [2.24, 2.45) is 0 Å². The van der Waals surface area contributed by atoms with Crippen LogP contribution in [-0.4, -0.2) is 47.4 Å². The minimum Gasteiger partial charge on any atom is -0.466 e. The Morgan fingerprint density at radius 3 is 0.830 bits per heavy atom. The number of unbranched alkanes of at least 4 members (excludes halogenated alkanes) is 62. The van der Waals surface area contributed by atoms with Crippen LogP contribution in [0.1, 0.15) is 463 Å². The third-order valence-corrected chi connectivity index (χ3v) is 19.2. The standard InChI is InChI=1S/C82H159NO5/c1-3-5-7-9-11-13-15-17-18-19-20-21-22-36-39-42-45-48-51-54-58-62-66-70-74-80(85)79(78-84)83-81(86)75-71-67-63-59-55-52-49-46-43-40-37-34-32-30-28-26-24-23-25-27-29-31-33-35-38-41-44-47-50-53-57-61-65-69-73-77-88-82(87)76-72-68-64-60-56-16-14-12-10-8-6-4-2/h12,14,25,27,79-80,84-85H,3-11,13,15-24,26,28-78H2,1-2H3,(H,83,86)/b14-12-,27-25-. The Hall–Kier alpha value is -1.66. The summed E-state index contributed by atoms with van der Waals surface area (Å²) in [6.07, 6.45) is 100.0. The number of aliphatic hydroxyl groups excluding tert-OH is 2. The summed E-state index contributed by atoms with van der Waals surface area (Å²) >= 11 is 0. The molecule has 0 aromatic heterocycles. The average Bonchev–Trinajstić information content (AvgIpc) is 3.54. The van der Waals surface area contributed by atoms with E-state index in [9.17, 15) is 19.8 Å². The van der Waals surface area contributed by atoms with Crippen molar-refractivity contribution < 1.29 is 24.5 Å². The average molecular weight is 1240 g/mol. The van der Waals surface area contributed by atoms with Gasteiger partial charge >= 0.3 is 5.97 Å². The van der Waals surface area contributed by atoms with Gasteiger partial charge in [0.05, 0.1) is 25.4 Å². The third kappa shape index (κ3) is 73.4. The molecule has 1 amide bonds. The van der Waals surface area contributed by atoms with Crippen LogP contribution < -0.4 is 5.32 Å². The lowest BCUT2D eigenvalue weighted by atomic mass is 10.0. The highest BCUT2D eigenvalue weighted by atomic mass is 16.5. The summed E-state index contributed by atoms with van der Waals surface area (Å²) in [6, 6.07) is -0.540. The molecule has 0 fully saturated rings. The first kappa shape index (κ1) is 86.3. The molecule has 0 aromatic carbocycles. The molecule has 0 aliphatic carbocycles. The molecule has 88 heavy (non-hydrogen) atoms. The molecule has 3 N–H and O–H groups in total. The van der Waals surface area contributed by atoms with Crippen molar-refractivity contribution in [2.75, 3.05) is 13.2 Å². The van der Waals surface area contributed by atoms with Gasteiger partial charge in [0.2, 0.25) is 5.91 Å². The highest BCUT2D eigenvalue weighted by molar-refractivity contribution is 5.76. The van der Waals surface area contributed by atoms with Crippen molar-refractivity contribution in [2.45, 2.75) is 475 Å². The molecular weight excluding hydrogens is 1080 g/mol. The number of carbonyl (C=O) groups excluding carboxylic acids is 2. The predicted octanol–water partition coefficient (Wildman–Crippen LogP) is 26.8. The fourth-order valence-corrected chi connectivity index (χ4v) is 13.0. The lowest BCUT2D eigenvalue weighted by Gasteiger charge is -2.22. The summed E-state index contributed by atoms with van der Waals surface area (Å²) in [5.41, 5.74) is 0. The number of hydrogen-bond donors (Lipinski definition) is 3. The summed E-state index contributed by atoms with van der Waals surface area (Å²) in [4.78, 5) is 24.6. The van der Waals surface area contributed by atoms with Gasteiger partial charge < -0.3 is 20.3 Å². The highest BCUT2D eigenvalue weighted by Gasteiger charge is 2.20. The van der Waals surface area contributed by atoms with Gasteiger partial charge in [0.25, 0.3) is 0 Å². The van der Waals surface area contributed by atoms with E-state index in [2.05, 4.69) is 43.5 Å². The van der Waals surface area contributed by atoms with E-state index >= 15 is 0 Å². The van der Waals surface area contributed by atoms with Crippen LogP contribution in [-0.2, 0) is 14.3 Å². The Balaban J connectivity index is 3.35. The minimum absolute atomic E-state index is 0.0110. The summed E-state index contributed by atoms with van der Waals surface area (Å²) in [5.74, 6) is -0.0145. The van der Waals surface area contributed by atoms with Gasteiger partial charge in [-0.1, -0.05) is 398 Å². The molecule has 0 heterocycles. The normalized spacial score (nSPS) is 12.5. The second-order valence-electron chi connectivity index (χ2n) is 28.1. The largest absolute Gasteiger partial charge is 0.466 e. The zero-order valence-electron chi connectivity index (χ0n) is 60.0. The van der Waals surface area contributed by atoms with Crippen LogP contribution in [0.25, 0.3) is 0 Å². The van der Waals surface area contributed by atoms with Crippen LogP contribution in [0.3, 0.4) is 0 Å². The van der Waals surface area contributed by atoms with E-state index in [-0.39, 0.29) is 18.5 Å². The number of ether oxygens (including phenoxy) is 1. The van der Waals surface area contributed by atoms with Crippen LogP contribution >= 0.6 is 0 Å². The Bertz CT molecular complexity index is 1380. The zero-order valence-corrected chi connectivity index (χ0v) is 60.0. The Labute approximate surface area is 551 Å². The molecule has 0 saturated heterocycles. The number of hydrogen-bond acceptors (Lipinski definition) is 5. The first-order chi connectivity index (χ1) is 43.5. The maximum absolute atomic E-state index is 12.6. The van der Waals surface area contributed by atoms with Crippen molar-refractivity contribution in [1.82, 2.24) is 5.32 Å². The molecule has 0 radical (unpaired) electrons. The van der Waals surface area contributed by atoms with Gasteiger partial charge in [-0.25, -0.2) is 0 Å². The number of allylic oxidation sites excluding steroid dienone is 4. The predicted molar refractivity (Wildman–Crippen MR) is 389 cm³/mol. The quantitative estimate of drug-likeness (QED) is 0.0320. The Morgan fingerprint density at radius 1 is 0.307 bits per heavy atom. The van der Waals surface area contributed by atoms with Gasteiger partial charge in [-0.05, 0) is 77.0 Å². The van der Waals surface area contributed by atoms with Gasteiger partial charge in [-0.15, -0.1) is 0 Å². The maximum atomic E-state index is 12.6. The summed E-state index contributed by atoms with van der Waals surface area (Å²) in [7, 11) is 0. The van der Waals surface area contributed by atoms with Crippen molar-refractivity contribution in [3.63, 3.8) is 0 Å². The fourth-order valence-electron chi connectivity index (χ4n) is 13.0. The smallest absolute Gasteiger partial charge is 0.305 e. The maximum Gasteiger partial charge on any atom is 0.305 e. The van der Waals surface area contributed by atoms with Gasteiger partial charge in [0.1, 0.15) is 0 Å². The molecule has 0 bridgehead atoms. The van der Waals surface area contributed by atoms with E-state index in [0.717, 1.165) is 44.9 Å². The molecule has 0 aliphatic heterocycles. The molecule has 0 aliphatic rings. The molecule has 6 nitrogen and oxygen atoms in total. The second-order valence-corrected chi connectivity index (χ2v) is 28.1. The van der Waals surface area contributed by atoms with E-state index in [1.165, 1.54) is 385 Å². The van der Waals surface area contributed by atoms with Crippen molar-refractivity contribution in [3.05, 3.63) is 24.3 Å². The topological polar surface area (TPSA) is 95.9 Å². The molecule has 2 unspecified atom stereocenters. The number of carbonyl (C=O) groups is 2. The van der Waals surface area contributed by atoms with E-state index in [1.807, 2.05) is 0 Å². The second kappa shape index (κ2) is 77.8. The number of rotatable bonds is 77. The molecular formula is C82H159NO5. The molecule has 522 valence electrons. The minimum atomic E-state index is -0.663. The van der Waals surface area contributed by atoms with Crippen LogP contribution in [0.15, 0.2) is 24.3 Å². The van der Waals surface area contributed by atoms with Crippen molar-refractivity contribution in [1.29, 1.82) is 0 Å². The summed E-state index contributed by atoms with van der Waals surface area (Å²) < 4.78 is 5.48. The van der Waals surface area contributed by atoms with Gasteiger partial charge in [0, 0.05) is 12.8 Å². The molecule has 6 heteroatoms. The number of amides is 1. The van der Waals surface area contributed by atoms with Gasteiger partial charge in [0.15, 0.2) is 0 Å². The van der Waals surface area contributed by atoms with Gasteiger partial charge in [-0.2, -0.15) is 0 Å². The van der Waals surface area contributed by atoms with E-state index in [1.54, 1.807) is 0 Å². The van der Waals surface area contributed by atoms with Gasteiger partial charge in [-0.3, -0.25) is 9.59 Å². The lowest BCUT2D eigenvalue weighted by Crippen LogP contribution is -2.45. The third-order valence-electron chi connectivity index (χ3n) is 19.2. The first-order valence-electron chi connectivity index (χ1n) is 40.6. The van der Waals surface area contributed by atoms with Crippen molar-refractivity contribution >= 4 is 11.9 Å². The number of esters is 1.